The average Bonchev–Trinajstić information content (AvgIpc) is 2.92. The van der Waals surface area contributed by atoms with E-state index in [1.165, 1.54) is 17.0 Å². The Labute approximate surface area is 145 Å². The fraction of sp³-hybridized carbons (Fsp3) is 0.133. The van der Waals surface area contributed by atoms with Crippen LogP contribution in [0.5, 0.6) is 0 Å². The molecule has 2 N–H and O–H groups in total. The SMILES string of the molecule is CCc1cc2c(Nc3ccc(Cl)c(C(=O)O)c3)nc(Cl)nc2s1. The normalized spacial score (nSPS) is 10.9. The van der Waals surface area contributed by atoms with Gasteiger partial charge in [-0.2, -0.15) is 4.98 Å². The van der Waals surface area contributed by atoms with Gasteiger partial charge < -0.3 is 10.4 Å². The molecule has 118 valence electrons. The Morgan fingerprint density at radius 2 is 2.09 bits per heavy atom. The van der Waals surface area contributed by atoms with E-state index in [2.05, 4.69) is 22.2 Å². The van der Waals surface area contributed by atoms with Gasteiger partial charge in [-0.3, -0.25) is 0 Å². The number of aryl methyl sites for hydroxylation is 1. The summed E-state index contributed by atoms with van der Waals surface area (Å²) in [5.41, 5.74) is 0.583. The molecule has 0 aliphatic carbocycles. The molecular weight excluding hydrogens is 357 g/mol. The average molecular weight is 368 g/mol. The molecule has 0 atom stereocenters. The number of hydrogen-bond donors (Lipinski definition) is 2. The zero-order chi connectivity index (χ0) is 16.6. The number of carboxylic acid groups (broad SMARTS) is 1. The highest BCUT2D eigenvalue weighted by Gasteiger charge is 2.13. The third kappa shape index (κ3) is 3.24. The molecule has 3 rings (SSSR count). The number of rotatable bonds is 4. The van der Waals surface area contributed by atoms with Crippen molar-refractivity contribution in [1.29, 1.82) is 0 Å². The summed E-state index contributed by atoms with van der Waals surface area (Å²) in [6.07, 6.45) is 0.891. The largest absolute Gasteiger partial charge is 0.478 e. The van der Waals surface area contributed by atoms with E-state index in [4.69, 9.17) is 28.3 Å². The van der Waals surface area contributed by atoms with Gasteiger partial charge in [-0.15, -0.1) is 11.3 Å². The predicted octanol–water partition coefficient (Wildman–Crippen LogP) is 5.00. The zero-order valence-electron chi connectivity index (χ0n) is 11.9. The van der Waals surface area contributed by atoms with Crippen LogP contribution in [0.4, 0.5) is 11.5 Å². The molecule has 2 heterocycles. The summed E-state index contributed by atoms with van der Waals surface area (Å²) in [6, 6.07) is 6.68. The number of carboxylic acids is 1. The second-order valence-electron chi connectivity index (χ2n) is 4.75. The molecule has 3 aromatic rings. The first-order valence-electron chi connectivity index (χ1n) is 6.73. The Hall–Kier alpha value is -1.89. The van der Waals surface area contributed by atoms with Gasteiger partial charge in [-0.05, 0) is 42.3 Å². The van der Waals surface area contributed by atoms with Crippen molar-refractivity contribution in [2.45, 2.75) is 13.3 Å². The molecule has 0 saturated heterocycles. The maximum absolute atomic E-state index is 11.2. The Balaban J connectivity index is 2.06. The summed E-state index contributed by atoms with van der Waals surface area (Å²) in [6.45, 7) is 2.06. The molecule has 0 fully saturated rings. The first-order valence-corrected chi connectivity index (χ1v) is 8.31. The fourth-order valence-corrected chi connectivity index (χ4v) is 3.50. The van der Waals surface area contributed by atoms with Gasteiger partial charge in [-0.1, -0.05) is 18.5 Å². The van der Waals surface area contributed by atoms with Crippen molar-refractivity contribution < 1.29 is 9.90 Å². The molecule has 0 unspecified atom stereocenters. The van der Waals surface area contributed by atoms with Crippen molar-refractivity contribution in [1.82, 2.24) is 9.97 Å². The lowest BCUT2D eigenvalue weighted by Crippen LogP contribution is -2.01. The van der Waals surface area contributed by atoms with E-state index < -0.39 is 5.97 Å². The van der Waals surface area contributed by atoms with Crippen LogP contribution >= 0.6 is 34.5 Å². The van der Waals surface area contributed by atoms with E-state index in [0.717, 1.165) is 16.6 Å². The molecule has 5 nitrogen and oxygen atoms in total. The number of thiophene rings is 1. The van der Waals surface area contributed by atoms with Crippen molar-refractivity contribution in [3.63, 3.8) is 0 Å². The number of hydrogen-bond acceptors (Lipinski definition) is 5. The predicted molar refractivity (Wildman–Crippen MR) is 93.5 cm³/mol. The molecule has 0 spiro atoms. The molecule has 0 bridgehead atoms. The number of benzene rings is 1. The second kappa shape index (κ2) is 6.31. The van der Waals surface area contributed by atoms with Crippen LogP contribution in [-0.4, -0.2) is 21.0 Å². The lowest BCUT2D eigenvalue weighted by molar-refractivity contribution is 0.0697. The maximum Gasteiger partial charge on any atom is 0.337 e. The van der Waals surface area contributed by atoms with Gasteiger partial charge in [0.2, 0.25) is 5.28 Å². The second-order valence-corrected chi connectivity index (χ2v) is 6.61. The van der Waals surface area contributed by atoms with Gasteiger partial charge in [0.15, 0.2) is 0 Å². The van der Waals surface area contributed by atoms with Crippen LogP contribution in [0.25, 0.3) is 10.2 Å². The van der Waals surface area contributed by atoms with Gasteiger partial charge in [0.25, 0.3) is 0 Å². The summed E-state index contributed by atoms with van der Waals surface area (Å²) in [4.78, 5) is 21.6. The molecule has 0 amide bonds. The van der Waals surface area contributed by atoms with Crippen molar-refractivity contribution in [3.05, 3.63) is 45.0 Å². The van der Waals surface area contributed by atoms with E-state index in [1.54, 1.807) is 17.4 Å². The maximum atomic E-state index is 11.2. The molecule has 0 aliphatic heterocycles. The first kappa shape index (κ1) is 16.0. The molecule has 0 aliphatic rings. The van der Waals surface area contributed by atoms with Gasteiger partial charge in [-0.25, -0.2) is 9.78 Å². The third-order valence-electron chi connectivity index (χ3n) is 3.22. The third-order valence-corrected chi connectivity index (χ3v) is 4.90. The van der Waals surface area contributed by atoms with E-state index in [9.17, 15) is 4.79 Å². The van der Waals surface area contributed by atoms with Crippen molar-refractivity contribution >= 4 is 62.2 Å². The van der Waals surface area contributed by atoms with Crippen LogP contribution in [0.3, 0.4) is 0 Å². The number of anilines is 2. The van der Waals surface area contributed by atoms with Crippen molar-refractivity contribution in [3.8, 4) is 0 Å². The Bertz CT molecular complexity index is 911. The van der Waals surface area contributed by atoms with Crippen LogP contribution in [0.15, 0.2) is 24.3 Å². The Kier molecular flexibility index (Phi) is 4.39. The van der Waals surface area contributed by atoms with Crippen LogP contribution in [0, 0.1) is 0 Å². The highest BCUT2D eigenvalue weighted by Crippen LogP contribution is 2.32. The van der Waals surface area contributed by atoms with Gasteiger partial charge in [0.05, 0.1) is 16.0 Å². The number of carbonyl (C=O) groups is 1. The number of nitrogens with zero attached hydrogens (tertiary/aromatic N) is 2. The fourth-order valence-electron chi connectivity index (χ4n) is 2.12. The Morgan fingerprint density at radius 3 is 2.78 bits per heavy atom. The van der Waals surface area contributed by atoms with Crippen LogP contribution in [0.2, 0.25) is 10.3 Å². The monoisotopic (exact) mass is 367 g/mol. The van der Waals surface area contributed by atoms with Gasteiger partial charge in [0, 0.05) is 10.6 Å². The van der Waals surface area contributed by atoms with E-state index in [1.807, 2.05) is 6.07 Å². The molecule has 0 saturated carbocycles. The summed E-state index contributed by atoms with van der Waals surface area (Å²) in [5, 5.41) is 13.4. The smallest absolute Gasteiger partial charge is 0.337 e. The highest BCUT2D eigenvalue weighted by atomic mass is 35.5. The summed E-state index contributed by atoms with van der Waals surface area (Å²) in [7, 11) is 0. The molecule has 2 aromatic heterocycles. The molecule has 8 heteroatoms. The van der Waals surface area contributed by atoms with Crippen LogP contribution < -0.4 is 5.32 Å². The summed E-state index contributed by atoms with van der Waals surface area (Å²) in [5.74, 6) is -0.553. The molecule has 1 aromatic carbocycles. The van der Waals surface area contributed by atoms with Crippen molar-refractivity contribution in [2.75, 3.05) is 5.32 Å². The summed E-state index contributed by atoms with van der Waals surface area (Å²) >= 11 is 13.4. The molecular formula is C15H11Cl2N3O2S. The topological polar surface area (TPSA) is 75.1 Å². The quantitative estimate of drug-likeness (QED) is 0.634. The minimum atomic E-state index is -1.09. The standard InChI is InChI=1S/C15H11Cl2N3O2S/c1-2-8-6-10-12(19-15(17)20-13(10)23-8)18-7-3-4-11(16)9(5-7)14(21)22/h3-6H,2H2,1H3,(H,21,22)(H,18,19,20). The number of aromatic nitrogens is 2. The van der Waals surface area contributed by atoms with Gasteiger partial charge in [0.1, 0.15) is 10.6 Å². The summed E-state index contributed by atoms with van der Waals surface area (Å²) < 4.78 is 0. The lowest BCUT2D eigenvalue weighted by Gasteiger charge is -2.08. The van der Waals surface area contributed by atoms with Crippen molar-refractivity contribution in [2.24, 2.45) is 0 Å². The molecule has 0 radical (unpaired) electrons. The zero-order valence-corrected chi connectivity index (χ0v) is 14.3. The van der Waals surface area contributed by atoms with Crippen LogP contribution in [0.1, 0.15) is 22.2 Å². The number of halogens is 2. The number of nitrogens with one attached hydrogen (secondary N) is 1. The molecule has 23 heavy (non-hydrogen) atoms. The minimum Gasteiger partial charge on any atom is -0.478 e. The number of fused-ring (bicyclic) bond motifs is 1. The van der Waals surface area contributed by atoms with E-state index in [0.29, 0.717) is 11.5 Å². The highest BCUT2D eigenvalue weighted by molar-refractivity contribution is 7.18. The lowest BCUT2D eigenvalue weighted by atomic mass is 10.2. The number of aromatic carboxylic acids is 1. The van der Waals surface area contributed by atoms with E-state index in [-0.39, 0.29) is 15.9 Å². The minimum absolute atomic E-state index is 0.0210. The van der Waals surface area contributed by atoms with Gasteiger partial charge >= 0.3 is 5.97 Å². The van der Waals surface area contributed by atoms with Crippen LogP contribution in [-0.2, 0) is 6.42 Å². The Morgan fingerprint density at radius 1 is 1.30 bits per heavy atom. The van der Waals surface area contributed by atoms with E-state index >= 15 is 0 Å². The first-order chi connectivity index (χ1) is 11.0.